The number of rotatable bonds is 7. The zero-order valence-electron chi connectivity index (χ0n) is 14.4. The van der Waals surface area contributed by atoms with Crippen LogP contribution in [-0.4, -0.2) is 23.2 Å². The zero-order valence-corrected chi connectivity index (χ0v) is 16.8. The Morgan fingerprint density at radius 2 is 1.96 bits per heavy atom. The number of thioether (sulfide) groups is 1. The van der Waals surface area contributed by atoms with Crippen molar-refractivity contribution in [2.24, 2.45) is 0 Å². The number of aryl methyl sites for hydroxylation is 1. The summed E-state index contributed by atoms with van der Waals surface area (Å²) in [7, 11) is 0. The van der Waals surface area contributed by atoms with Gasteiger partial charge >= 0.3 is 0 Å². The summed E-state index contributed by atoms with van der Waals surface area (Å²) in [6, 6.07) is 16.0. The molecule has 0 atom stereocenters. The topological polar surface area (TPSA) is 42.0 Å². The molecule has 1 aromatic heterocycles. The highest BCUT2D eigenvalue weighted by Crippen LogP contribution is 2.30. The van der Waals surface area contributed by atoms with Crippen molar-refractivity contribution in [3.05, 3.63) is 70.2 Å². The van der Waals surface area contributed by atoms with E-state index in [1.165, 1.54) is 21.8 Å². The molecule has 3 nitrogen and oxygen atoms in total. The van der Waals surface area contributed by atoms with Crippen LogP contribution in [0, 0.1) is 6.92 Å². The Balaban J connectivity index is 1.45. The third-order valence-corrected chi connectivity index (χ3v) is 5.98. The number of thiazole rings is 1. The normalized spacial score (nSPS) is 10.7. The van der Waals surface area contributed by atoms with Gasteiger partial charge in [0.25, 0.3) is 0 Å². The molecule has 1 amide bonds. The van der Waals surface area contributed by atoms with Gasteiger partial charge in [0.15, 0.2) is 0 Å². The van der Waals surface area contributed by atoms with Crippen LogP contribution in [0.4, 0.5) is 0 Å². The van der Waals surface area contributed by atoms with Crippen molar-refractivity contribution in [3.63, 3.8) is 0 Å². The highest BCUT2D eigenvalue weighted by atomic mass is 35.5. The van der Waals surface area contributed by atoms with E-state index in [4.69, 9.17) is 11.6 Å². The highest BCUT2D eigenvalue weighted by Gasteiger charge is 2.10. The first-order valence-electron chi connectivity index (χ1n) is 8.27. The monoisotopic (exact) mass is 402 g/mol. The zero-order chi connectivity index (χ0) is 18.4. The van der Waals surface area contributed by atoms with E-state index in [-0.39, 0.29) is 12.3 Å². The molecule has 0 aliphatic carbocycles. The maximum absolute atomic E-state index is 12.1. The third kappa shape index (κ3) is 5.34. The molecule has 134 valence electrons. The van der Waals surface area contributed by atoms with Crippen molar-refractivity contribution >= 4 is 40.6 Å². The lowest BCUT2D eigenvalue weighted by atomic mass is 10.2. The predicted molar refractivity (Wildman–Crippen MR) is 111 cm³/mol. The van der Waals surface area contributed by atoms with E-state index in [2.05, 4.69) is 41.5 Å². The molecule has 0 saturated carbocycles. The predicted octanol–water partition coefficient (Wildman–Crippen LogP) is 5.22. The Labute approximate surface area is 166 Å². The fraction of sp³-hybridized carbons (Fsp3) is 0.200. The van der Waals surface area contributed by atoms with Crippen molar-refractivity contribution in [2.45, 2.75) is 18.2 Å². The van der Waals surface area contributed by atoms with Crippen LogP contribution in [0.25, 0.3) is 10.6 Å². The van der Waals surface area contributed by atoms with E-state index in [0.717, 1.165) is 22.0 Å². The number of amides is 1. The van der Waals surface area contributed by atoms with Gasteiger partial charge in [0, 0.05) is 28.1 Å². The molecule has 3 rings (SSSR count). The number of hydrogen-bond donors (Lipinski definition) is 1. The third-order valence-electron chi connectivity index (χ3n) is 3.71. The lowest BCUT2D eigenvalue weighted by Crippen LogP contribution is -2.27. The van der Waals surface area contributed by atoms with Crippen molar-refractivity contribution in [1.29, 1.82) is 0 Å². The average Bonchev–Trinajstić information content (AvgIpc) is 3.09. The van der Waals surface area contributed by atoms with Gasteiger partial charge in [-0.25, -0.2) is 4.98 Å². The molecule has 0 aliphatic rings. The van der Waals surface area contributed by atoms with Gasteiger partial charge in [-0.05, 0) is 25.1 Å². The minimum Gasteiger partial charge on any atom is -0.355 e. The van der Waals surface area contributed by atoms with E-state index >= 15 is 0 Å². The van der Waals surface area contributed by atoms with Gasteiger partial charge in [0.1, 0.15) is 5.01 Å². The van der Waals surface area contributed by atoms with Gasteiger partial charge in [-0.3, -0.25) is 4.79 Å². The molecular weight excluding hydrogens is 384 g/mol. The smallest absolute Gasteiger partial charge is 0.226 e. The summed E-state index contributed by atoms with van der Waals surface area (Å²) in [6.45, 7) is 2.71. The van der Waals surface area contributed by atoms with Crippen molar-refractivity contribution in [1.82, 2.24) is 10.3 Å². The summed E-state index contributed by atoms with van der Waals surface area (Å²) in [6.07, 6.45) is 0.288. The molecule has 26 heavy (non-hydrogen) atoms. The molecule has 1 N–H and O–H groups in total. The first-order chi connectivity index (χ1) is 12.6. The molecule has 0 spiro atoms. The van der Waals surface area contributed by atoms with Crippen LogP contribution in [0.2, 0.25) is 5.02 Å². The first kappa shape index (κ1) is 19.0. The van der Waals surface area contributed by atoms with Gasteiger partial charge in [0.05, 0.1) is 17.1 Å². The Morgan fingerprint density at radius 1 is 1.19 bits per heavy atom. The fourth-order valence-electron chi connectivity index (χ4n) is 2.37. The van der Waals surface area contributed by atoms with E-state index in [1.807, 2.05) is 29.6 Å². The Hall–Kier alpha value is -1.82. The lowest BCUT2D eigenvalue weighted by molar-refractivity contribution is -0.120. The molecule has 6 heteroatoms. The Bertz CT molecular complexity index is 878. The van der Waals surface area contributed by atoms with Crippen molar-refractivity contribution in [2.75, 3.05) is 12.3 Å². The standard InChI is InChI=1S/C20H19ClN2OS2/c1-14-6-8-16(9-7-14)25-11-10-22-19(24)12-15-13-26-20(23-15)17-4-2-3-5-18(17)21/h2-9,13H,10-12H2,1H3,(H,22,24). The summed E-state index contributed by atoms with van der Waals surface area (Å²) in [5.41, 5.74) is 2.93. The highest BCUT2D eigenvalue weighted by molar-refractivity contribution is 7.99. The van der Waals surface area contributed by atoms with E-state index < -0.39 is 0 Å². The SMILES string of the molecule is Cc1ccc(SCCNC(=O)Cc2csc(-c3ccccc3Cl)n2)cc1. The number of halogens is 1. The van der Waals surface area contributed by atoms with Gasteiger partial charge < -0.3 is 5.32 Å². The van der Waals surface area contributed by atoms with Crippen LogP contribution >= 0.6 is 34.7 Å². The van der Waals surface area contributed by atoms with Crippen LogP contribution in [0.5, 0.6) is 0 Å². The number of carbonyl (C=O) groups excluding carboxylic acids is 1. The molecule has 3 aromatic rings. The maximum atomic E-state index is 12.1. The fourth-order valence-corrected chi connectivity index (χ4v) is 4.28. The molecule has 0 unspecified atom stereocenters. The molecule has 1 heterocycles. The van der Waals surface area contributed by atoms with Gasteiger partial charge in [-0.2, -0.15) is 0 Å². The van der Waals surface area contributed by atoms with Crippen LogP contribution in [0.3, 0.4) is 0 Å². The van der Waals surface area contributed by atoms with E-state index in [9.17, 15) is 4.79 Å². The largest absolute Gasteiger partial charge is 0.355 e. The summed E-state index contributed by atoms with van der Waals surface area (Å²) in [5, 5.41) is 6.38. The lowest BCUT2D eigenvalue weighted by Gasteiger charge is -2.05. The molecule has 0 aliphatic heterocycles. The van der Waals surface area contributed by atoms with E-state index in [0.29, 0.717) is 11.6 Å². The Kier molecular flexibility index (Phi) is 6.72. The molecule has 0 bridgehead atoms. The number of carbonyl (C=O) groups is 1. The van der Waals surface area contributed by atoms with Crippen LogP contribution in [0.1, 0.15) is 11.3 Å². The number of benzene rings is 2. The Morgan fingerprint density at radius 3 is 2.73 bits per heavy atom. The minimum atomic E-state index is -0.00878. The van der Waals surface area contributed by atoms with Gasteiger partial charge in [-0.15, -0.1) is 23.1 Å². The van der Waals surface area contributed by atoms with E-state index in [1.54, 1.807) is 11.8 Å². The molecule has 0 radical (unpaired) electrons. The summed E-state index contributed by atoms with van der Waals surface area (Å²) >= 11 is 9.45. The molecular formula is C20H19ClN2OS2. The van der Waals surface area contributed by atoms with Gasteiger partial charge in [0.2, 0.25) is 5.91 Å². The van der Waals surface area contributed by atoms with Crippen molar-refractivity contribution < 1.29 is 4.79 Å². The second-order valence-electron chi connectivity index (χ2n) is 5.81. The number of nitrogens with zero attached hydrogens (tertiary/aromatic N) is 1. The second-order valence-corrected chi connectivity index (χ2v) is 8.25. The number of nitrogens with one attached hydrogen (secondary N) is 1. The summed E-state index contributed by atoms with van der Waals surface area (Å²) < 4.78 is 0. The molecule has 0 saturated heterocycles. The number of aromatic nitrogens is 1. The second kappa shape index (κ2) is 9.21. The molecule has 0 fully saturated rings. The average molecular weight is 403 g/mol. The quantitative estimate of drug-likeness (QED) is 0.435. The molecule has 2 aromatic carbocycles. The van der Waals surface area contributed by atoms with Gasteiger partial charge in [-0.1, -0.05) is 47.5 Å². The van der Waals surface area contributed by atoms with Crippen LogP contribution < -0.4 is 5.32 Å². The maximum Gasteiger partial charge on any atom is 0.226 e. The minimum absolute atomic E-state index is 0.00878. The number of hydrogen-bond acceptors (Lipinski definition) is 4. The van der Waals surface area contributed by atoms with Crippen LogP contribution in [-0.2, 0) is 11.2 Å². The summed E-state index contributed by atoms with van der Waals surface area (Å²) in [4.78, 5) is 17.8. The first-order valence-corrected chi connectivity index (χ1v) is 10.5. The van der Waals surface area contributed by atoms with Crippen LogP contribution in [0.15, 0.2) is 58.8 Å². The summed E-state index contributed by atoms with van der Waals surface area (Å²) in [5.74, 6) is 0.835. The van der Waals surface area contributed by atoms with Crippen molar-refractivity contribution in [3.8, 4) is 10.6 Å².